The van der Waals surface area contributed by atoms with Crippen molar-refractivity contribution in [1.82, 2.24) is 0 Å². The molecular weight excluding hydrogens is 354 g/mol. The van der Waals surface area contributed by atoms with E-state index in [1.807, 2.05) is 32.0 Å². The molecule has 26 heavy (non-hydrogen) atoms. The van der Waals surface area contributed by atoms with E-state index < -0.39 is 28.3 Å². The van der Waals surface area contributed by atoms with Crippen LogP contribution in [-0.2, 0) is 19.4 Å². The molecule has 6 nitrogen and oxygen atoms in total. The second kappa shape index (κ2) is 8.14. The summed E-state index contributed by atoms with van der Waals surface area (Å²) in [7, 11) is -3.57. The molecule has 0 unspecified atom stereocenters. The molecule has 7 heteroatoms. The summed E-state index contributed by atoms with van der Waals surface area (Å²) in [5.74, 6) is -1.48. The topological polar surface area (TPSA) is 89.5 Å². The monoisotopic (exact) mass is 375 g/mol. The summed E-state index contributed by atoms with van der Waals surface area (Å²) in [6.45, 7) is 4.71. The van der Waals surface area contributed by atoms with Crippen molar-refractivity contribution >= 4 is 27.4 Å². The first-order valence-corrected chi connectivity index (χ1v) is 9.76. The molecule has 0 spiro atoms. The maximum atomic E-state index is 12.3. The third-order valence-corrected chi connectivity index (χ3v) is 5.69. The van der Waals surface area contributed by atoms with Crippen molar-refractivity contribution in [3.63, 3.8) is 0 Å². The average Bonchev–Trinajstić information content (AvgIpc) is 2.63. The molecule has 2 aromatic carbocycles. The minimum absolute atomic E-state index is 0.0748. The van der Waals surface area contributed by atoms with Crippen LogP contribution >= 0.6 is 0 Å². The Morgan fingerprint density at radius 1 is 1.00 bits per heavy atom. The molecule has 2 rings (SSSR count). The fourth-order valence-electron chi connectivity index (χ4n) is 2.46. The maximum Gasteiger partial charge on any atom is 0.339 e. The lowest BCUT2D eigenvalue weighted by Gasteiger charge is -2.12. The highest BCUT2D eigenvalue weighted by Gasteiger charge is 2.22. The number of hydrogen-bond acceptors (Lipinski definition) is 5. The number of ether oxygens (including phenoxy) is 1. The van der Waals surface area contributed by atoms with Gasteiger partial charge in [0.15, 0.2) is 16.4 Å². The first kappa shape index (κ1) is 19.7. The van der Waals surface area contributed by atoms with Crippen LogP contribution < -0.4 is 5.32 Å². The molecule has 0 saturated heterocycles. The van der Waals surface area contributed by atoms with E-state index in [0.717, 1.165) is 11.1 Å². The Kier molecular flexibility index (Phi) is 6.15. The van der Waals surface area contributed by atoms with Crippen LogP contribution in [0.25, 0.3) is 0 Å². The Bertz CT molecular complexity index is 914. The lowest BCUT2D eigenvalue weighted by Crippen LogP contribution is -2.22. The zero-order chi connectivity index (χ0) is 19.3. The van der Waals surface area contributed by atoms with Crippen molar-refractivity contribution in [1.29, 1.82) is 0 Å². The molecule has 1 N–H and O–H groups in total. The van der Waals surface area contributed by atoms with E-state index >= 15 is 0 Å². The second-order valence-corrected chi connectivity index (χ2v) is 8.04. The van der Waals surface area contributed by atoms with Crippen molar-refractivity contribution in [3.8, 4) is 0 Å². The van der Waals surface area contributed by atoms with Gasteiger partial charge in [0.2, 0.25) is 0 Å². The van der Waals surface area contributed by atoms with Gasteiger partial charge in [0.25, 0.3) is 5.91 Å². The lowest BCUT2D eigenvalue weighted by atomic mass is 10.1. The van der Waals surface area contributed by atoms with Crippen LogP contribution in [0.15, 0.2) is 47.4 Å². The summed E-state index contributed by atoms with van der Waals surface area (Å²) in [4.78, 5) is 24.2. The first-order valence-electron chi connectivity index (χ1n) is 8.11. The van der Waals surface area contributed by atoms with Gasteiger partial charge in [-0.2, -0.15) is 0 Å². The van der Waals surface area contributed by atoms with E-state index in [4.69, 9.17) is 4.74 Å². The van der Waals surface area contributed by atoms with Crippen LogP contribution in [0.3, 0.4) is 0 Å². The number of carbonyl (C=O) groups excluding carboxylic acids is 2. The molecule has 138 valence electrons. The predicted octanol–water partition coefficient (Wildman–Crippen LogP) is 2.89. The van der Waals surface area contributed by atoms with Gasteiger partial charge in [0.05, 0.1) is 16.2 Å². The number of aryl methyl sites for hydroxylation is 2. The van der Waals surface area contributed by atoms with Gasteiger partial charge in [-0.25, -0.2) is 13.2 Å². The lowest BCUT2D eigenvalue weighted by molar-refractivity contribution is -0.119. The molecule has 1 amide bonds. The minimum Gasteiger partial charge on any atom is -0.452 e. The number of anilines is 1. The average molecular weight is 375 g/mol. The molecular formula is C19H21NO5S. The highest BCUT2D eigenvalue weighted by Crippen LogP contribution is 2.20. The van der Waals surface area contributed by atoms with Gasteiger partial charge in [-0.3, -0.25) is 4.79 Å². The summed E-state index contributed by atoms with van der Waals surface area (Å²) in [6, 6.07) is 11.4. The van der Waals surface area contributed by atoms with Gasteiger partial charge in [0.1, 0.15) is 0 Å². The number of esters is 1. The van der Waals surface area contributed by atoms with Gasteiger partial charge in [-0.05, 0) is 37.1 Å². The van der Waals surface area contributed by atoms with Crippen LogP contribution in [0.2, 0.25) is 0 Å². The van der Waals surface area contributed by atoms with Gasteiger partial charge in [-0.1, -0.05) is 37.3 Å². The summed E-state index contributed by atoms with van der Waals surface area (Å²) in [5.41, 5.74) is 2.38. The van der Waals surface area contributed by atoms with Crippen LogP contribution in [0.5, 0.6) is 0 Å². The van der Waals surface area contributed by atoms with E-state index in [1.165, 1.54) is 25.1 Å². The Labute approximate surface area is 153 Å². The van der Waals surface area contributed by atoms with Gasteiger partial charge in [-0.15, -0.1) is 0 Å². The normalized spacial score (nSPS) is 11.0. The Morgan fingerprint density at radius 2 is 1.62 bits per heavy atom. The molecule has 0 aliphatic carbocycles. The summed E-state index contributed by atoms with van der Waals surface area (Å²) in [5, 5.41) is 2.71. The maximum absolute atomic E-state index is 12.3. The summed E-state index contributed by atoms with van der Waals surface area (Å²) in [6.07, 6.45) is 0. The second-order valence-electron chi connectivity index (χ2n) is 5.79. The number of nitrogens with one attached hydrogen (secondary N) is 1. The third-order valence-electron chi connectivity index (χ3n) is 3.90. The van der Waals surface area contributed by atoms with Crippen molar-refractivity contribution in [2.24, 2.45) is 0 Å². The van der Waals surface area contributed by atoms with E-state index in [2.05, 4.69) is 5.32 Å². The Balaban J connectivity index is 2.09. The summed E-state index contributed by atoms with van der Waals surface area (Å²) < 4.78 is 29.2. The third kappa shape index (κ3) is 4.49. The highest BCUT2D eigenvalue weighted by atomic mass is 32.2. The summed E-state index contributed by atoms with van der Waals surface area (Å²) >= 11 is 0. The fraction of sp³-hybridized carbons (Fsp3) is 0.263. The van der Waals surface area contributed by atoms with E-state index in [-0.39, 0.29) is 16.2 Å². The van der Waals surface area contributed by atoms with Crippen LogP contribution in [-0.4, -0.2) is 32.7 Å². The Hall–Kier alpha value is -2.67. The molecule has 0 saturated carbocycles. The van der Waals surface area contributed by atoms with E-state index in [1.54, 1.807) is 6.07 Å². The number of carbonyl (C=O) groups is 2. The number of rotatable bonds is 6. The molecule has 0 radical (unpaired) electrons. The molecule has 0 aromatic heterocycles. The number of amides is 1. The molecule has 0 atom stereocenters. The molecule has 0 heterocycles. The van der Waals surface area contributed by atoms with Crippen LogP contribution in [0.4, 0.5) is 5.69 Å². The van der Waals surface area contributed by atoms with Gasteiger partial charge < -0.3 is 10.1 Å². The van der Waals surface area contributed by atoms with Crippen molar-refractivity contribution in [2.75, 3.05) is 17.7 Å². The van der Waals surface area contributed by atoms with Gasteiger partial charge in [0, 0.05) is 5.69 Å². The predicted molar refractivity (Wildman–Crippen MR) is 99.0 cm³/mol. The minimum atomic E-state index is -3.57. The number of sulfone groups is 1. The molecule has 0 fully saturated rings. The SMILES string of the molecule is CCS(=O)(=O)c1ccccc1C(=O)OCC(=O)Nc1c(C)cccc1C. The molecule has 0 aliphatic rings. The fourth-order valence-corrected chi connectivity index (χ4v) is 3.54. The van der Waals surface area contributed by atoms with Crippen molar-refractivity contribution in [2.45, 2.75) is 25.7 Å². The van der Waals surface area contributed by atoms with E-state index in [9.17, 15) is 18.0 Å². The van der Waals surface area contributed by atoms with Crippen LogP contribution in [0.1, 0.15) is 28.4 Å². The van der Waals surface area contributed by atoms with E-state index in [0.29, 0.717) is 5.69 Å². The zero-order valence-electron chi connectivity index (χ0n) is 14.9. The Morgan fingerprint density at radius 3 is 2.23 bits per heavy atom. The number of benzene rings is 2. The molecule has 0 bridgehead atoms. The molecule has 0 aliphatic heterocycles. The van der Waals surface area contributed by atoms with Crippen molar-refractivity contribution in [3.05, 3.63) is 59.2 Å². The number of para-hydroxylation sites is 1. The van der Waals surface area contributed by atoms with Crippen LogP contribution in [0, 0.1) is 13.8 Å². The first-order chi connectivity index (χ1) is 12.3. The standard InChI is InChI=1S/C19H21NO5S/c1-4-26(23,24)16-11-6-5-10-15(16)19(22)25-12-17(21)20-18-13(2)8-7-9-14(18)3/h5-11H,4,12H2,1-3H3,(H,20,21). The smallest absolute Gasteiger partial charge is 0.339 e. The molecule has 2 aromatic rings. The largest absolute Gasteiger partial charge is 0.452 e. The highest BCUT2D eigenvalue weighted by molar-refractivity contribution is 7.91. The van der Waals surface area contributed by atoms with Gasteiger partial charge >= 0.3 is 5.97 Å². The van der Waals surface area contributed by atoms with Crippen molar-refractivity contribution < 1.29 is 22.7 Å². The zero-order valence-corrected chi connectivity index (χ0v) is 15.7. The number of hydrogen-bond donors (Lipinski definition) is 1. The quantitative estimate of drug-likeness (QED) is 0.784.